The van der Waals surface area contributed by atoms with E-state index >= 15 is 0 Å². The summed E-state index contributed by atoms with van der Waals surface area (Å²) in [4.78, 5) is 41.3. The second-order valence-corrected chi connectivity index (χ2v) is 10.0. The number of allylic oxidation sites excluding steroid dienone is 2. The van der Waals surface area contributed by atoms with E-state index in [4.69, 9.17) is 0 Å². The molecule has 4 atom stereocenters. The van der Waals surface area contributed by atoms with E-state index in [0.717, 1.165) is 6.42 Å². The lowest BCUT2D eigenvalue weighted by molar-refractivity contribution is -0.957. The van der Waals surface area contributed by atoms with Crippen molar-refractivity contribution in [1.29, 1.82) is 0 Å². The van der Waals surface area contributed by atoms with Gasteiger partial charge in [0.15, 0.2) is 0 Å². The first-order valence-electron chi connectivity index (χ1n) is 11.7. The summed E-state index contributed by atoms with van der Waals surface area (Å²) in [5.74, 6) is -0.457. The number of nitrogens with one attached hydrogen (secondary N) is 2. The van der Waals surface area contributed by atoms with Crippen molar-refractivity contribution in [3.8, 4) is 0 Å². The van der Waals surface area contributed by atoms with Gasteiger partial charge in [-0.3, -0.25) is 19.3 Å². The van der Waals surface area contributed by atoms with Crippen LogP contribution in [0.3, 0.4) is 0 Å². The molecule has 2 N–H and O–H groups in total. The summed E-state index contributed by atoms with van der Waals surface area (Å²) in [5, 5.41) is 3.14. The minimum Gasteiger partial charge on any atom is -0.348 e. The van der Waals surface area contributed by atoms with E-state index in [-0.39, 0.29) is 53.5 Å². The van der Waals surface area contributed by atoms with Crippen LogP contribution in [0.15, 0.2) is 12.2 Å². The first-order chi connectivity index (χ1) is 14.1. The number of likely N-dealkylation sites (tertiary alicyclic amines) is 2. The Morgan fingerprint density at radius 2 is 1.55 bits per heavy atom. The smallest absolute Gasteiger partial charge is 0.240 e. The monoisotopic (exact) mass is 400 g/mol. The van der Waals surface area contributed by atoms with E-state index in [9.17, 15) is 14.4 Å². The second kappa shape index (κ2) is 7.53. The third-order valence-electron chi connectivity index (χ3n) is 8.51. The SMILES string of the molecule is O=C(CN1C(=O)[C@@H]2[C@@H](C1=O)[C@@H]1C=C[C@@H]2C1)NCC1([NH+]2CCCCC2)CCCCC1. The van der Waals surface area contributed by atoms with Crippen molar-refractivity contribution in [3.05, 3.63) is 12.2 Å². The van der Waals surface area contributed by atoms with E-state index in [0.29, 0.717) is 6.54 Å². The molecule has 4 fully saturated rings. The minimum absolute atomic E-state index is 0.102. The quantitative estimate of drug-likeness (QED) is 0.527. The van der Waals surface area contributed by atoms with Crippen LogP contribution >= 0.6 is 0 Å². The van der Waals surface area contributed by atoms with Crippen molar-refractivity contribution < 1.29 is 19.3 Å². The van der Waals surface area contributed by atoms with Gasteiger partial charge in [-0.25, -0.2) is 0 Å². The van der Waals surface area contributed by atoms with Crippen LogP contribution in [-0.4, -0.2) is 54.3 Å². The lowest BCUT2D eigenvalue weighted by atomic mass is 9.79. The van der Waals surface area contributed by atoms with Gasteiger partial charge in [0.1, 0.15) is 12.1 Å². The Bertz CT molecular complexity index is 691. The number of hydrogen-bond donors (Lipinski definition) is 2. The number of rotatable bonds is 5. The van der Waals surface area contributed by atoms with Crippen LogP contribution in [0.25, 0.3) is 0 Å². The molecule has 3 amide bonds. The van der Waals surface area contributed by atoms with Crippen molar-refractivity contribution in [2.45, 2.75) is 63.3 Å². The molecule has 0 aromatic heterocycles. The first-order valence-corrected chi connectivity index (χ1v) is 11.7. The molecule has 0 aromatic carbocycles. The number of quaternary nitrogens is 1. The Morgan fingerprint density at radius 1 is 0.966 bits per heavy atom. The summed E-state index contributed by atoms with van der Waals surface area (Å²) in [7, 11) is 0. The molecule has 2 saturated heterocycles. The molecule has 5 rings (SSSR count). The lowest BCUT2D eigenvalue weighted by Gasteiger charge is -2.45. The van der Waals surface area contributed by atoms with Gasteiger partial charge >= 0.3 is 0 Å². The van der Waals surface area contributed by atoms with Crippen LogP contribution in [0, 0.1) is 23.7 Å². The van der Waals surface area contributed by atoms with E-state index < -0.39 is 0 Å². The van der Waals surface area contributed by atoms with Crippen LogP contribution in [0.4, 0.5) is 0 Å². The van der Waals surface area contributed by atoms with Crippen LogP contribution in [0.1, 0.15) is 57.8 Å². The predicted octanol–water partition coefficient (Wildman–Crippen LogP) is 0.681. The Morgan fingerprint density at radius 3 is 2.17 bits per heavy atom. The second-order valence-electron chi connectivity index (χ2n) is 10.0. The molecule has 2 heterocycles. The zero-order chi connectivity index (χ0) is 20.0. The molecule has 3 aliphatic carbocycles. The molecule has 0 aromatic rings. The molecule has 29 heavy (non-hydrogen) atoms. The fraction of sp³-hybridized carbons (Fsp3) is 0.783. The Kier molecular flexibility index (Phi) is 5.01. The summed E-state index contributed by atoms with van der Waals surface area (Å²) in [5.41, 5.74) is 0.146. The number of carbonyl (C=O) groups is 3. The number of imide groups is 1. The number of hydrogen-bond acceptors (Lipinski definition) is 3. The maximum atomic E-state index is 12.8. The maximum Gasteiger partial charge on any atom is 0.240 e. The molecule has 6 heteroatoms. The summed E-state index contributed by atoms with van der Waals surface area (Å²) in [6.45, 7) is 2.99. The average molecular weight is 401 g/mol. The fourth-order valence-corrected chi connectivity index (χ4v) is 6.98. The highest BCUT2D eigenvalue weighted by molar-refractivity contribution is 6.08. The number of nitrogens with zero attached hydrogens (tertiary/aromatic N) is 1. The van der Waals surface area contributed by atoms with Crippen LogP contribution < -0.4 is 10.2 Å². The van der Waals surface area contributed by atoms with Crippen LogP contribution in [0.2, 0.25) is 0 Å². The number of piperidine rings is 1. The number of amides is 3. The molecular weight excluding hydrogens is 366 g/mol. The molecule has 2 bridgehead atoms. The summed E-state index contributed by atoms with van der Waals surface area (Å²) in [6, 6.07) is 0. The van der Waals surface area contributed by atoms with Crippen molar-refractivity contribution in [1.82, 2.24) is 10.2 Å². The zero-order valence-electron chi connectivity index (χ0n) is 17.3. The van der Waals surface area contributed by atoms with E-state index in [1.54, 1.807) is 4.90 Å². The Hall–Kier alpha value is -1.69. The van der Waals surface area contributed by atoms with Gasteiger partial charge in [-0.05, 0) is 50.4 Å². The highest BCUT2D eigenvalue weighted by Crippen LogP contribution is 2.52. The van der Waals surface area contributed by atoms with Crippen molar-refractivity contribution in [2.75, 3.05) is 26.2 Å². The molecule has 2 saturated carbocycles. The van der Waals surface area contributed by atoms with E-state index in [2.05, 4.69) is 17.5 Å². The maximum absolute atomic E-state index is 12.8. The number of fused-ring (bicyclic) bond motifs is 5. The van der Waals surface area contributed by atoms with Crippen molar-refractivity contribution in [3.63, 3.8) is 0 Å². The van der Waals surface area contributed by atoms with Gasteiger partial charge in [-0.1, -0.05) is 18.6 Å². The lowest BCUT2D eigenvalue weighted by Crippen LogP contribution is -3.22. The molecule has 5 aliphatic rings. The molecular formula is C23H34N3O3+. The van der Waals surface area contributed by atoms with Gasteiger partial charge in [0.05, 0.1) is 31.5 Å². The third kappa shape index (κ3) is 3.24. The average Bonchev–Trinajstić information content (AvgIpc) is 3.44. The Balaban J connectivity index is 1.21. The summed E-state index contributed by atoms with van der Waals surface area (Å²) in [6.07, 6.45) is 15.1. The van der Waals surface area contributed by atoms with Crippen LogP contribution in [-0.2, 0) is 14.4 Å². The third-order valence-corrected chi connectivity index (χ3v) is 8.51. The molecule has 2 aliphatic heterocycles. The molecule has 6 nitrogen and oxygen atoms in total. The highest BCUT2D eigenvalue weighted by atomic mass is 16.2. The van der Waals surface area contributed by atoms with Gasteiger partial charge < -0.3 is 10.2 Å². The van der Waals surface area contributed by atoms with Gasteiger partial charge in [0.2, 0.25) is 17.7 Å². The molecule has 0 unspecified atom stereocenters. The molecule has 0 radical (unpaired) electrons. The highest BCUT2D eigenvalue weighted by Gasteiger charge is 2.59. The topological polar surface area (TPSA) is 70.9 Å². The van der Waals surface area contributed by atoms with Crippen molar-refractivity contribution >= 4 is 17.7 Å². The van der Waals surface area contributed by atoms with Gasteiger partial charge in [0, 0.05) is 12.8 Å². The molecule has 0 spiro atoms. The normalized spacial score (nSPS) is 35.9. The van der Waals surface area contributed by atoms with Crippen molar-refractivity contribution in [2.24, 2.45) is 23.7 Å². The first kappa shape index (κ1) is 19.3. The summed E-state index contributed by atoms with van der Waals surface area (Å²) >= 11 is 0. The zero-order valence-corrected chi connectivity index (χ0v) is 17.3. The minimum atomic E-state index is -0.215. The number of carbonyl (C=O) groups excluding carboxylic acids is 3. The van der Waals surface area contributed by atoms with E-state index in [1.165, 1.54) is 69.4 Å². The Labute approximate surface area is 173 Å². The van der Waals surface area contributed by atoms with Crippen LogP contribution in [0.5, 0.6) is 0 Å². The van der Waals surface area contributed by atoms with E-state index in [1.807, 2.05) is 0 Å². The predicted molar refractivity (Wildman–Crippen MR) is 108 cm³/mol. The fourth-order valence-electron chi connectivity index (χ4n) is 6.98. The van der Waals surface area contributed by atoms with Gasteiger partial charge in [0.25, 0.3) is 0 Å². The summed E-state index contributed by atoms with van der Waals surface area (Å²) < 4.78 is 0. The van der Waals surface area contributed by atoms with Gasteiger partial charge in [-0.2, -0.15) is 0 Å². The molecule has 158 valence electrons. The van der Waals surface area contributed by atoms with Gasteiger partial charge in [-0.15, -0.1) is 0 Å². The standard InChI is InChI=1S/C23H33N3O3/c27-18(14-26-21(28)19-16-7-8-17(13-16)20(19)22(26)29)24-15-23(9-3-1-4-10-23)25-11-5-2-6-12-25/h7-8,16-17,19-20H,1-6,9-15H2,(H,24,27)/p+1/t16-,17-,19+,20+/m1/s1. The largest absolute Gasteiger partial charge is 0.348 e.